The van der Waals surface area contributed by atoms with Gasteiger partial charge in [0, 0.05) is 23.5 Å². The Kier molecular flexibility index (Phi) is 5.06. The number of benzene rings is 2. The lowest BCUT2D eigenvalue weighted by molar-refractivity contribution is -0.384. The monoisotopic (exact) mass is 371 g/mol. The molecule has 0 saturated heterocycles. The highest BCUT2D eigenvalue weighted by atomic mass is 19.1. The molecule has 0 fully saturated rings. The number of non-ortho nitro benzene ring substituents is 1. The third-order valence-corrected chi connectivity index (χ3v) is 3.68. The van der Waals surface area contributed by atoms with Crippen LogP contribution < -0.4 is 16.0 Å². The van der Waals surface area contributed by atoms with Gasteiger partial charge in [-0.3, -0.25) is 25.0 Å². The van der Waals surface area contributed by atoms with Gasteiger partial charge in [0.25, 0.3) is 5.69 Å². The Labute approximate surface area is 152 Å². The van der Waals surface area contributed by atoms with Crippen molar-refractivity contribution in [3.8, 4) is 0 Å². The maximum atomic E-state index is 13.0. The molecule has 0 saturated carbocycles. The van der Waals surface area contributed by atoms with Gasteiger partial charge in [0.15, 0.2) is 0 Å². The van der Waals surface area contributed by atoms with Crippen LogP contribution in [0, 0.1) is 15.9 Å². The number of nitro benzene ring substituents is 1. The molecule has 9 nitrogen and oxygen atoms in total. The Bertz CT molecular complexity index is 912. The summed E-state index contributed by atoms with van der Waals surface area (Å²) in [5.74, 6) is -1.27. The molecule has 0 aliphatic carbocycles. The third kappa shape index (κ3) is 4.63. The molecule has 138 valence electrons. The van der Waals surface area contributed by atoms with Crippen molar-refractivity contribution < 1.29 is 18.9 Å². The second-order valence-electron chi connectivity index (χ2n) is 5.67. The fourth-order valence-corrected chi connectivity index (χ4v) is 2.37. The first-order chi connectivity index (χ1) is 12.9. The lowest BCUT2D eigenvalue weighted by Gasteiger charge is -2.21. The number of amides is 2. The van der Waals surface area contributed by atoms with Gasteiger partial charge in [-0.15, -0.1) is 0 Å². The molecule has 2 aromatic rings. The van der Waals surface area contributed by atoms with Crippen LogP contribution in [0.5, 0.6) is 0 Å². The molecule has 0 unspecified atom stereocenters. The van der Waals surface area contributed by atoms with E-state index in [2.05, 4.69) is 20.9 Å². The number of carbonyl (C=O) groups is 2. The summed E-state index contributed by atoms with van der Waals surface area (Å²) in [6.45, 7) is 0. The van der Waals surface area contributed by atoms with Crippen LogP contribution in [0.15, 0.2) is 53.5 Å². The van der Waals surface area contributed by atoms with E-state index in [1.54, 1.807) is 0 Å². The molecular formula is C17H14FN5O4. The molecule has 3 N–H and O–H groups in total. The topological polar surface area (TPSA) is 126 Å². The summed E-state index contributed by atoms with van der Waals surface area (Å²) in [5.41, 5.74) is 0.737. The number of guanidine groups is 1. The summed E-state index contributed by atoms with van der Waals surface area (Å²) in [4.78, 5) is 38.5. The van der Waals surface area contributed by atoms with E-state index in [0.29, 0.717) is 11.4 Å². The summed E-state index contributed by atoms with van der Waals surface area (Å²) in [6, 6.07) is 9.73. The van der Waals surface area contributed by atoms with Crippen molar-refractivity contribution in [2.45, 2.75) is 12.5 Å². The Morgan fingerprint density at radius 1 is 1.15 bits per heavy atom. The van der Waals surface area contributed by atoms with Crippen LogP contribution in [0.4, 0.5) is 21.5 Å². The van der Waals surface area contributed by atoms with Gasteiger partial charge in [0.1, 0.15) is 11.9 Å². The second-order valence-corrected chi connectivity index (χ2v) is 5.67. The first kappa shape index (κ1) is 18.0. The van der Waals surface area contributed by atoms with Crippen LogP contribution in [0.25, 0.3) is 0 Å². The number of nitro groups is 1. The molecule has 10 heteroatoms. The van der Waals surface area contributed by atoms with Crippen LogP contribution >= 0.6 is 0 Å². The summed E-state index contributed by atoms with van der Waals surface area (Å²) >= 11 is 0. The minimum absolute atomic E-state index is 0.0710. The molecule has 2 aromatic carbocycles. The number of halogens is 1. The van der Waals surface area contributed by atoms with E-state index in [1.165, 1.54) is 48.5 Å². The predicted molar refractivity (Wildman–Crippen MR) is 95.7 cm³/mol. The molecule has 3 rings (SSSR count). The fourth-order valence-electron chi connectivity index (χ4n) is 2.37. The minimum Gasteiger partial charge on any atom is -0.326 e. The third-order valence-electron chi connectivity index (χ3n) is 3.68. The summed E-state index contributed by atoms with van der Waals surface area (Å²) in [6.07, 6.45) is -0.145. The van der Waals surface area contributed by atoms with Crippen molar-refractivity contribution in [3.05, 3.63) is 64.5 Å². The van der Waals surface area contributed by atoms with Crippen molar-refractivity contribution in [1.82, 2.24) is 5.32 Å². The van der Waals surface area contributed by atoms with Crippen LogP contribution in [-0.2, 0) is 9.59 Å². The van der Waals surface area contributed by atoms with E-state index in [0.717, 1.165) is 0 Å². The summed E-state index contributed by atoms with van der Waals surface area (Å²) < 4.78 is 13.0. The van der Waals surface area contributed by atoms with Crippen LogP contribution in [-0.4, -0.2) is 28.7 Å². The fraction of sp³-hybridized carbons (Fsp3) is 0.118. The van der Waals surface area contributed by atoms with Crippen LogP contribution in [0.1, 0.15) is 6.42 Å². The average Bonchev–Trinajstić information content (AvgIpc) is 2.63. The zero-order valence-electron chi connectivity index (χ0n) is 13.8. The molecule has 0 bridgehead atoms. The highest BCUT2D eigenvalue weighted by Gasteiger charge is 2.27. The molecule has 2 amide bonds. The van der Waals surface area contributed by atoms with Crippen molar-refractivity contribution >= 4 is 34.8 Å². The molecule has 0 radical (unpaired) electrons. The number of hydrogen-bond acceptors (Lipinski definition) is 6. The Hall–Kier alpha value is -3.82. The minimum atomic E-state index is -0.975. The van der Waals surface area contributed by atoms with Crippen molar-refractivity contribution in [3.63, 3.8) is 0 Å². The van der Waals surface area contributed by atoms with E-state index in [-0.39, 0.29) is 18.1 Å². The van der Waals surface area contributed by atoms with Crippen molar-refractivity contribution in [2.24, 2.45) is 4.99 Å². The van der Waals surface area contributed by atoms with Gasteiger partial charge in [-0.2, -0.15) is 0 Å². The molecule has 1 aliphatic rings. The Morgan fingerprint density at radius 2 is 1.78 bits per heavy atom. The van der Waals surface area contributed by atoms with E-state index in [4.69, 9.17) is 0 Å². The molecule has 1 atom stereocenters. The van der Waals surface area contributed by atoms with Gasteiger partial charge in [-0.1, -0.05) is 0 Å². The number of rotatable bonds is 4. The number of hydrogen-bond donors (Lipinski definition) is 3. The number of nitrogens with zero attached hydrogens (tertiary/aromatic N) is 2. The van der Waals surface area contributed by atoms with Crippen molar-refractivity contribution in [2.75, 3.05) is 10.6 Å². The number of aliphatic imine (C=N–C) groups is 1. The average molecular weight is 371 g/mol. The van der Waals surface area contributed by atoms with Crippen LogP contribution in [0.2, 0.25) is 0 Å². The number of nitrogens with one attached hydrogen (secondary N) is 3. The predicted octanol–water partition coefficient (Wildman–Crippen LogP) is 2.03. The van der Waals surface area contributed by atoms with E-state index in [1.807, 2.05) is 0 Å². The van der Waals surface area contributed by atoms with Crippen molar-refractivity contribution in [1.29, 1.82) is 0 Å². The second kappa shape index (κ2) is 7.60. The largest absolute Gasteiger partial charge is 0.326 e. The maximum absolute atomic E-state index is 13.0. The summed E-state index contributed by atoms with van der Waals surface area (Å²) in [7, 11) is 0. The molecule has 27 heavy (non-hydrogen) atoms. The Balaban J connectivity index is 1.70. The van der Waals surface area contributed by atoms with Gasteiger partial charge >= 0.3 is 0 Å². The first-order valence-electron chi connectivity index (χ1n) is 7.86. The standard InChI is InChI=1S/C17H14FN5O4/c18-10-1-3-12(4-2-10)20-17-21-14(9-15(24)22-17)16(25)19-11-5-7-13(8-6-11)23(26)27/h1-8,14H,9H2,(H,19,25)(H2,20,21,22,24)/t14-/m1/s1. The first-order valence-corrected chi connectivity index (χ1v) is 7.86. The molecule has 1 heterocycles. The van der Waals surface area contributed by atoms with Crippen LogP contribution in [0.3, 0.4) is 0 Å². The number of carbonyl (C=O) groups excluding carboxylic acids is 2. The van der Waals surface area contributed by atoms with E-state index < -0.39 is 28.6 Å². The van der Waals surface area contributed by atoms with Gasteiger partial charge in [0.05, 0.1) is 11.3 Å². The maximum Gasteiger partial charge on any atom is 0.269 e. The zero-order chi connectivity index (χ0) is 19.4. The SMILES string of the molecule is O=C1C[C@H](C(=O)Nc2ccc([N+](=O)[O-])cc2)N=C(Nc2ccc(F)cc2)N1. The van der Waals surface area contributed by atoms with E-state index >= 15 is 0 Å². The normalized spacial score (nSPS) is 16.1. The summed E-state index contributed by atoms with van der Waals surface area (Å²) in [5, 5.41) is 18.5. The van der Waals surface area contributed by atoms with Gasteiger partial charge in [-0.05, 0) is 36.4 Å². The molecule has 0 spiro atoms. The van der Waals surface area contributed by atoms with Gasteiger partial charge in [-0.25, -0.2) is 9.38 Å². The Morgan fingerprint density at radius 3 is 2.41 bits per heavy atom. The highest BCUT2D eigenvalue weighted by molar-refractivity contribution is 6.10. The molecule has 1 aliphatic heterocycles. The van der Waals surface area contributed by atoms with E-state index in [9.17, 15) is 24.1 Å². The smallest absolute Gasteiger partial charge is 0.269 e. The zero-order valence-corrected chi connectivity index (χ0v) is 13.8. The molecular weight excluding hydrogens is 357 g/mol. The number of anilines is 2. The molecule has 0 aromatic heterocycles. The highest BCUT2D eigenvalue weighted by Crippen LogP contribution is 2.17. The lowest BCUT2D eigenvalue weighted by atomic mass is 10.1. The van der Waals surface area contributed by atoms with Gasteiger partial charge in [0.2, 0.25) is 17.8 Å². The lowest BCUT2D eigenvalue weighted by Crippen LogP contribution is -2.45. The quantitative estimate of drug-likeness (QED) is 0.560. The van der Waals surface area contributed by atoms with Gasteiger partial charge < -0.3 is 10.6 Å².